The smallest absolute Gasteiger partial charge is 0.410 e. The van der Waals surface area contributed by atoms with E-state index >= 15 is 0 Å². The van der Waals surface area contributed by atoms with Crippen LogP contribution in [0.2, 0.25) is 0 Å². The molecule has 1 amide bonds. The van der Waals surface area contributed by atoms with E-state index in [1.165, 1.54) is 0 Å². The average molecular weight is 228 g/mol. The highest BCUT2D eigenvalue weighted by Crippen LogP contribution is 2.20. The van der Waals surface area contributed by atoms with Crippen LogP contribution in [0.15, 0.2) is 0 Å². The summed E-state index contributed by atoms with van der Waals surface area (Å²) in [6, 6.07) is 0. The lowest BCUT2D eigenvalue weighted by atomic mass is 9.97. The first-order valence-electron chi connectivity index (χ1n) is 6.16. The Bertz CT molecular complexity index is 233. The monoisotopic (exact) mass is 228 g/mol. The fourth-order valence-corrected chi connectivity index (χ4v) is 1.72. The molecule has 0 spiro atoms. The van der Waals surface area contributed by atoms with Gasteiger partial charge in [0.05, 0.1) is 0 Å². The summed E-state index contributed by atoms with van der Waals surface area (Å²) in [6.07, 6.45) is 2.65. The van der Waals surface area contributed by atoms with Gasteiger partial charge in [0.2, 0.25) is 0 Å². The van der Waals surface area contributed by atoms with Crippen molar-refractivity contribution in [3.63, 3.8) is 0 Å². The predicted molar refractivity (Wildman–Crippen MR) is 64.2 cm³/mol. The van der Waals surface area contributed by atoms with Crippen LogP contribution in [0.5, 0.6) is 0 Å². The molecule has 94 valence electrons. The normalized spacial score (nSPS) is 18.6. The highest BCUT2D eigenvalue weighted by Gasteiger charge is 2.27. The maximum Gasteiger partial charge on any atom is 0.410 e. The molecule has 0 saturated carbocycles. The van der Waals surface area contributed by atoms with Crippen molar-refractivity contribution in [2.45, 2.75) is 45.6 Å². The zero-order valence-corrected chi connectivity index (χ0v) is 10.7. The van der Waals surface area contributed by atoms with Gasteiger partial charge in [-0.15, -0.1) is 0 Å². The number of hydrogen-bond acceptors (Lipinski definition) is 3. The molecule has 0 atom stereocenters. The second-order valence-electron chi connectivity index (χ2n) is 5.15. The van der Waals surface area contributed by atoms with Gasteiger partial charge in [-0.3, -0.25) is 0 Å². The molecule has 0 aromatic rings. The maximum absolute atomic E-state index is 11.8. The standard InChI is InChI=1S/C12H24N2O2/c1-4-12(2,3)16-11(15)14-7-5-10(9-13)6-8-14/h10H,4-9,13H2,1-3H3. The average Bonchev–Trinajstić information content (AvgIpc) is 2.28. The fourth-order valence-electron chi connectivity index (χ4n) is 1.72. The molecule has 0 unspecified atom stereocenters. The Labute approximate surface area is 98.1 Å². The minimum atomic E-state index is -0.359. The number of likely N-dealkylation sites (tertiary alicyclic amines) is 1. The van der Waals surface area contributed by atoms with Gasteiger partial charge in [0.15, 0.2) is 0 Å². The van der Waals surface area contributed by atoms with E-state index in [9.17, 15) is 4.79 Å². The number of ether oxygens (including phenoxy) is 1. The second-order valence-corrected chi connectivity index (χ2v) is 5.15. The first-order valence-corrected chi connectivity index (χ1v) is 6.16. The fraction of sp³-hybridized carbons (Fsp3) is 0.917. The molecule has 0 radical (unpaired) electrons. The number of piperidine rings is 1. The van der Waals surface area contributed by atoms with Gasteiger partial charge < -0.3 is 15.4 Å². The van der Waals surface area contributed by atoms with Crippen LogP contribution in [0.1, 0.15) is 40.0 Å². The lowest BCUT2D eigenvalue weighted by molar-refractivity contribution is 0.00598. The first kappa shape index (κ1) is 13.3. The molecule has 16 heavy (non-hydrogen) atoms. The quantitative estimate of drug-likeness (QED) is 0.803. The molecular formula is C12H24N2O2. The third kappa shape index (κ3) is 3.67. The van der Waals surface area contributed by atoms with Crippen molar-refractivity contribution in [2.75, 3.05) is 19.6 Å². The van der Waals surface area contributed by atoms with E-state index in [0.717, 1.165) is 38.9 Å². The van der Waals surface area contributed by atoms with Crippen molar-refractivity contribution in [3.8, 4) is 0 Å². The van der Waals surface area contributed by atoms with Gasteiger partial charge >= 0.3 is 6.09 Å². The van der Waals surface area contributed by atoms with Gasteiger partial charge in [0, 0.05) is 13.1 Å². The molecule has 1 aliphatic heterocycles. The molecule has 1 fully saturated rings. The Morgan fingerprint density at radius 3 is 2.44 bits per heavy atom. The topological polar surface area (TPSA) is 55.6 Å². The van der Waals surface area contributed by atoms with E-state index in [4.69, 9.17) is 10.5 Å². The van der Waals surface area contributed by atoms with Crippen molar-refractivity contribution in [3.05, 3.63) is 0 Å². The molecule has 4 heteroatoms. The summed E-state index contributed by atoms with van der Waals surface area (Å²) in [5, 5.41) is 0. The molecule has 0 aromatic carbocycles. The van der Waals surface area contributed by atoms with Gasteiger partial charge in [0.1, 0.15) is 5.60 Å². The Balaban J connectivity index is 2.39. The summed E-state index contributed by atoms with van der Waals surface area (Å²) in [4.78, 5) is 13.6. The van der Waals surface area contributed by atoms with E-state index in [0.29, 0.717) is 5.92 Å². The van der Waals surface area contributed by atoms with Crippen LogP contribution in [-0.4, -0.2) is 36.2 Å². The molecule has 1 heterocycles. The first-order chi connectivity index (χ1) is 7.48. The molecule has 1 saturated heterocycles. The van der Waals surface area contributed by atoms with E-state index in [-0.39, 0.29) is 11.7 Å². The minimum Gasteiger partial charge on any atom is -0.443 e. The SMILES string of the molecule is CCC(C)(C)OC(=O)N1CCC(CN)CC1. The minimum absolute atomic E-state index is 0.178. The zero-order valence-electron chi connectivity index (χ0n) is 10.7. The van der Waals surface area contributed by atoms with E-state index in [1.54, 1.807) is 4.90 Å². The predicted octanol–water partition coefficient (Wildman–Crippen LogP) is 1.98. The lowest BCUT2D eigenvalue weighted by Crippen LogP contribution is -2.43. The molecule has 4 nitrogen and oxygen atoms in total. The molecule has 2 N–H and O–H groups in total. The number of carbonyl (C=O) groups excluding carboxylic acids is 1. The van der Waals surface area contributed by atoms with E-state index < -0.39 is 0 Å². The Kier molecular flexibility index (Phi) is 4.59. The summed E-state index contributed by atoms with van der Waals surface area (Å²) < 4.78 is 5.45. The van der Waals surface area contributed by atoms with Gasteiger partial charge in [-0.25, -0.2) is 4.79 Å². The molecule has 1 rings (SSSR count). The lowest BCUT2D eigenvalue weighted by Gasteiger charge is -2.33. The van der Waals surface area contributed by atoms with Crippen LogP contribution in [0.4, 0.5) is 4.79 Å². The van der Waals surface area contributed by atoms with Gasteiger partial charge in [0.25, 0.3) is 0 Å². The Hall–Kier alpha value is -0.770. The largest absolute Gasteiger partial charge is 0.443 e. The number of nitrogens with two attached hydrogens (primary N) is 1. The number of nitrogens with zero attached hydrogens (tertiary/aromatic N) is 1. The third-order valence-electron chi connectivity index (χ3n) is 3.42. The summed E-state index contributed by atoms with van der Waals surface area (Å²) in [5.41, 5.74) is 5.25. The summed E-state index contributed by atoms with van der Waals surface area (Å²) in [6.45, 7) is 8.19. The van der Waals surface area contributed by atoms with Crippen LogP contribution in [0, 0.1) is 5.92 Å². The van der Waals surface area contributed by atoms with Crippen LogP contribution in [0.25, 0.3) is 0 Å². The van der Waals surface area contributed by atoms with Gasteiger partial charge in [-0.05, 0) is 45.6 Å². The third-order valence-corrected chi connectivity index (χ3v) is 3.42. The number of hydrogen-bond donors (Lipinski definition) is 1. The summed E-state index contributed by atoms with van der Waals surface area (Å²) in [7, 11) is 0. The molecular weight excluding hydrogens is 204 g/mol. The Morgan fingerprint density at radius 2 is 2.00 bits per heavy atom. The number of amides is 1. The molecule has 0 bridgehead atoms. The van der Waals surface area contributed by atoms with E-state index in [1.807, 2.05) is 20.8 Å². The molecule has 0 aliphatic carbocycles. The van der Waals surface area contributed by atoms with Crippen LogP contribution in [-0.2, 0) is 4.74 Å². The van der Waals surface area contributed by atoms with Crippen molar-refractivity contribution < 1.29 is 9.53 Å². The molecule has 1 aliphatic rings. The van der Waals surface area contributed by atoms with Gasteiger partial charge in [-0.2, -0.15) is 0 Å². The second kappa shape index (κ2) is 5.53. The highest BCUT2D eigenvalue weighted by atomic mass is 16.6. The highest BCUT2D eigenvalue weighted by molar-refractivity contribution is 5.68. The van der Waals surface area contributed by atoms with Crippen molar-refractivity contribution in [1.82, 2.24) is 4.90 Å². The zero-order chi connectivity index (χ0) is 12.2. The summed E-state index contributed by atoms with van der Waals surface area (Å²) >= 11 is 0. The maximum atomic E-state index is 11.8. The van der Waals surface area contributed by atoms with Gasteiger partial charge in [-0.1, -0.05) is 6.92 Å². The number of rotatable bonds is 3. The summed E-state index contributed by atoms with van der Waals surface area (Å²) in [5.74, 6) is 0.572. The van der Waals surface area contributed by atoms with Crippen LogP contribution in [0.3, 0.4) is 0 Å². The van der Waals surface area contributed by atoms with E-state index in [2.05, 4.69) is 0 Å². The Morgan fingerprint density at radius 1 is 1.44 bits per heavy atom. The number of carbonyl (C=O) groups is 1. The van der Waals surface area contributed by atoms with Crippen molar-refractivity contribution in [1.29, 1.82) is 0 Å². The van der Waals surface area contributed by atoms with Crippen molar-refractivity contribution >= 4 is 6.09 Å². The van der Waals surface area contributed by atoms with Crippen LogP contribution >= 0.6 is 0 Å². The van der Waals surface area contributed by atoms with Crippen LogP contribution < -0.4 is 5.73 Å². The molecule has 0 aromatic heterocycles. The van der Waals surface area contributed by atoms with Crippen molar-refractivity contribution in [2.24, 2.45) is 11.7 Å².